The summed E-state index contributed by atoms with van der Waals surface area (Å²) in [6, 6.07) is 12.8. The van der Waals surface area contributed by atoms with Crippen molar-refractivity contribution in [2.24, 2.45) is 0 Å². The lowest BCUT2D eigenvalue weighted by Crippen LogP contribution is -2.45. The molecule has 1 atom stereocenters. The van der Waals surface area contributed by atoms with Gasteiger partial charge in [0.15, 0.2) is 0 Å². The molecule has 110 valence electrons. The fraction of sp³-hybridized carbons (Fsp3) is 0.588. The van der Waals surface area contributed by atoms with Crippen LogP contribution < -0.4 is 5.32 Å². The van der Waals surface area contributed by atoms with Crippen LogP contribution in [0.25, 0.3) is 0 Å². The molecule has 1 aromatic carbocycles. The molecule has 0 radical (unpaired) electrons. The zero-order valence-electron chi connectivity index (χ0n) is 13.0. The predicted octanol–water partition coefficient (Wildman–Crippen LogP) is 2.83. The van der Waals surface area contributed by atoms with Crippen molar-refractivity contribution in [1.82, 2.24) is 10.2 Å². The second kappa shape index (κ2) is 8.73. The lowest BCUT2D eigenvalue weighted by molar-refractivity contribution is 0.286. The first-order chi connectivity index (χ1) is 9.63. The maximum atomic E-state index is 9.42. The Kier molecular flexibility index (Phi) is 7.28. The molecule has 0 spiro atoms. The van der Waals surface area contributed by atoms with Gasteiger partial charge in [0.1, 0.15) is 5.54 Å². The summed E-state index contributed by atoms with van der Waals surface area (Å²) in [7, 11) is 0. The molecule has 20 heavy (non-hydrogen) atoms. The normalized spacial score (nSPS) is 13.9. The number of hydrogen-bond acceptors (Lipinski definition) is 3. The molecular weight excluding hydrogens is 246 g/mol. The van der Waals surface area contributed by atoms with Crippen LogP contribution in [0.5, 0.6) is 0 Å². The van der Waals surface area contributed by atoms with Gasteiger partial charge in [0, 0.05) is 13.1 Å². The van der Waals surface area contributed by atoms with Crippen LogP contribution in [0.1, 0.15) is 32.8 Å². The number of nitriles is 1. The van der Waals surface area contributed by atoms with Crippen molar-refractivity contribution in [2.45, 2.75) is 39.2 Å². The second-order valence-corrected chi connectivity index (χ2v) is 5.38. The van der Waals surface area contributed by atoms with Gasteiger partial charge in [0.05, 0.1) is 6.07 Å². The van der Waals surface area contributed by atoms with E-state index in [0.717, 1.165) is 39.0 Å². The van der Waals surface area contributed by atoms with Crippen molar-refractivity contribution in [2.75, 3.05) is 26.2 Å². The summed E-state index contributed by atoms with van der Waals surface area (Å²) >= 11 is 0. The van der Waals surface area contributed by atoms with Crippen molar-refractivity contribution in [3.63, 3.8) is 0 Å². The average molecular weight is 273 g/mol. The van der Waals surface area contributed by atoms with Crippen LogP contribution in [0.3, 0.4) is 0 Å². The summed E-state index contributed by atoms with van der Waals surface area (Å²) in [5, 5.41) is 12.8. The van der Waals surface area contributed by atoms with E-state index in [0.29, 0.717) is 0 Å². The predicted molar refractivity (Wildman–Crippen MR) is 84.6 cm³/mol. The summed E-state index contributed by atoms with van der Waals surface area (Å²) in [6.45, 7) is 10.3. The molecule has 1 aromatic rings. The Labute approximate surface area is 123 Å². The highest BCUT2D eigenvalue weighted by molar-refractivity contribution is 5.16. The summed E-state index contributed by atoms with van der Waals surface area (Å²) in [5.74, 6) is 0. The van der Waals surface area contributed by atoms with Crippen LogP contribution >= 0.6 is 0 Å². The SMILES string of the molecule is CCN(CC)CCNC(C)(C#N)CCc1ccccc1. The summed E-state index contributed by atoms with van der Waals surface area (Å²) < 4.78 is 0. The van der Waals surface area contributed by atoms with Crippen LogP contribution in [-0.4, -0.2) is 36.6 Å². The van der Waals surface area contributed by atoms with E-state index in [-0.39, 0.29) is 0 Å². The van der Waals surface area contributed by atoms with Crippen molar-refractivity contribution >= 4 is 0 Å². The molecular formula is C17H27N3. The summed E-state index contributed by atoms with van der Waals surface area (Å²) in [5.41, 5.74) is 0.850. The van der Waals surface area contributed by atoms with Gasteiger partial charge in [-0.3, -0.25) is 5.32 Å². The Bertz CT molecular complexity index is 406. The molecule has 0 aliphatic carbocycles. The zero-order valence-corrected chi connectivity index (χ0v) is 13.0. The van der Waals surface area contributed by atoms with Gasteiger partial charge in [-0.1, -0.05) is 44.2 Å². The van der Waals surface area contributed by atoms with E-state index >= 15 is 0 Å². The molecule has 1 unspecified atom stereocenters. The molecule has 1 N–H and O–H groups in total. The van der Waals surface area contributed by atoms with Crippen LogP contribution in [0.15, 0.2) is 30.3 Å². The summed E-state index contributed by atoms with van der Waals surface area (Å²) in [6.07, 6.45) is 1.77. The maximum absolute atomic E-state index is 9.42. The van der Waals surface area contributed by atoms with E-state index in [9.17, 15) is 5.26 Å². The smallest absolute Gasteiger partial charge is 0.104 e. The van der Waals surface area contributed by atoms with Crippen LogP contribution in [0.4, 0.5) is 0 Å². The van der Waals surface area contributed by atoms with Gasteiger partial charge in [-0.25, -0.2) is 0 Å². The Morgan fingerprint density at radius 1 is 1.20 bits per heavy atom. The monoisotopic (exact) mass is 273 g/mol. The van der Waals surface area contributed by atoms with Crippen LogP contribution in [0, 0.1) is 11.3 Å². The third kappa shape index (κ3) is 5.73. The zero-order chi connectivity index (χ0) is 14.8. The molecule has 3 heteroatoms. The molecule has 1 rings (SSSR count). The van der Waals surface area contributed by atoms with Gasteiger partial charge in [-0.15, -0.1) is 0 Å². The van der Waals surface area contributed by atoms with Crippen LogP contribution in [0.2, 0.25) is 0 Å². The minimum atomic E-state index is -0.441. The van der Waals surface area contributed by atoms with Crippen molar-refractivity contribution in [1.29, 1.82) is 5.26 Å². The van der Waals surface area contributed by atoms with Gasteiger partial charge < -0.3 is 4.90 Å². The Morgan fingerprint density at radius 3 is 2.40 bits per heavy atom. The topological polar surface area (TPSA) is 39.1 Å². The van der Waals surface area contributed by atoms with Crippen molar-refractivity contribution < 1.29 is 0 Å². The van der Waals surface area contributed by atoms with Crippen molar-refractivity contribution in [3.05, 3.63) is 35.9 Å². The molecule has 0 amide bonds. The first-order valence-corrected chi connectivity index (χ1v) is 7.56. The maximum Gasteiger partial charge on any atom is 0.104 e. The van der Waals surface area contributed by atoms with E-state index in [2.05, 4.69) is 42.3 Å². The number of hydrogen-bond donors (Lipinski definition) is 1. The van der Waals surface area contributed by atoms with E-state index in [1.165, 1.54) is 5.56 Å². The first kappa shape index (κ1) is 16.7. The molecule has 0 heterocycles. The molecule has 3 nitrogen and oxygen atoms in total. The van der Waals surface area contributed by atoms with E-state index in [1.807, 2.05) is 25.1 Å². The molecule has 0 saturated heterocycles. The second-order valence-electron chi connectivity index (χ2n) is 5.38. The molecule has 0 aromatic heterocycles. The highest BCUT2D eigenvalue weighted by Crippen LogP contribution is 2.13. The third-order valence-corrected chi connectivity index (χ3v) is 3.84. The lowest BCUT2D eigenvalue weighted by atomic mass is 9.94. The number of likely N-dealkylation sites (N-methyl/N-ethyl adjacent to an activating group) is 1. The number of aryl methyl sites for hydroxylation is 1. The molecule has 0 bridgehead atoms. The Morgan fingerprint density at radius 2 is 1.85 bits per heavy atom. The third-order valence-electron chi connectivity index (χ3n) is 3.84. The number of nitrogens with one attached hydrogen (secondary N) is 1. The van der Waals surface area contributed by atoms with Crippen LogP contribution in [-0.2, 0) is 6.42 Å². The average Bonchev–Trinajstić information content (AvgIpc) is 2.51. The van der Waals surface area contributed by atoms with Gasteiger partial charge in [-0.2, -0.15) is 5.26 Å². The fourth-order valence-corrected chi connectivity index (χ4v) is 2.25. The molecule has 0 aliphatic heterocycles. The highest BCUT2D eigenvalue weighted by Gasteiger charge is 2.22. The molecule has 0 saturated carbocycles. The van der Waals surface area contributed by atoms with E-state index < -0.39 is 5.54 Å². The summed E-state index contributed by atoms with van der Waals surface area (Å²) in [4.78, 5) is 2.36. The molecule has 0 aliphatic rings. The van der Waals surface area contributed by atoms with Crippen molar-refractivity contribution in [3.8, 4) is 6.07 Å². The number of rotatable bonds is 9. The van der Waals surface area contributed by atoms with E-state index in [1.54, 1.807) is 0 Å². The lowest BCUT2D eigenvalue weighted by Gasteiger charge is -2.26. The largest absolute Gasteiger partial charge is 0.303 e. The van der Waals surface area contributed by atoms with Gasteiger partial charge in [-0.05, 0) is 38.4 Å². The minimum absolute atomic E-state index is 0.441. The Hall–Kier alpha value is -1.37. The number of nitrogens with zero attached hydrogens (tertiary/aromatic N) is 2. The minimum Gasteiger partial charge on any atom is -0.303 e. The van der Waals surface area contributed by atoms with Gasteiger partial charge in [0.25, 0.3) is 0 Å². The Balaban J connectivity index is 2.41. The van der Waals surface area contributed by atoms with Gasteiger partial charge >= 0.3 is 0 Å². The van der Waals surface area contributed by atoms with Gasteiger partial charge in [0.2, 0.25) is 0 Å². The van der Waals surface area contributed by atoms with E-state index in [4.69, 9.17) is 0 Å². The first-order valence-electron chi connectivity index (χ1n) is 7.56. The fourth-order valence-electron chi connectivity index (χ4n) is 2.25. The molecule has 0 fully saturated rings. The standard InChI is InChI=1S/C17H27N3/c1-4-20(5-2)14-13-19-17(3,15-18)12-11-16-9-7-6-8-10-16/h6-10,19H,4-5,11-14H2,1-3H3. The number of benzene rings is 1. The highest BCUT2D eigenvalue weighted by atomic mass is 15.1. The quantitative estimate of drug-likeness (QED) is 0.752.